The number of benzene rings is 1. The molecular formula is C20H25N3O5S2. The van der Waals surface area contributed by atoms with Crippen LogP contribution in [0.5, 0.6) is 11.5 Å². The number of nitrogens with zero attached hydrogens (tertiary/aromatic N) is 2. The number of ether oxygens (including phenoxy) is 2. The molecule has 8 nitrogen and oxygen atoms in total. The molecule has 1 atom stereocenters. The molecule has 3 heterocycles. The van der Waals surface area contributed by atoms with Crippen molar-refractivity contribution in [1.82, 2.24) is 9.29 Å². The first-order valence-electron chi connectivity index (χ1n) is 10.1. The van der Waals surface area contributed by atoms with E-state index < -0.39 is 16.1 Å². The van der Waals surface area contributed by atoms with E-state index in [1.807, 2.05) is 30.5 Å². The van der Waals surface area contributed by atoms with Gasteiger partial charge in [0, 0.05) is 17.5 Å². The van der Waals surface area contributed by atoms with E-state index in [-0.39, 0.29) is 11.7 Å². The van der Waals surface area contributed by atoms with E-state index in [0.29, 0.717) is 54.9 Å². The van der Waals surface area contributed by atoms with Gasteiger partial charge in [0.05, 0.1) is 11.4 Å². The second kappa shape index (κ2) is 8.91. The number of hydrogen-bond donors (Lipinski definition) is 1. The van der Waals surface area contributed by atoms with Crippen molar-refractivity contribution in [2.45, 2.75) is 38.6 Å². The summed E-state index contributed by atoms with van der Waals surface area (Å²) in [5, 5.41) is 5.12. The van der Waals surface area contributed by atoms with Crippen LogP contribution in [-0.2, 0) is 14.8 Å². The number of thiazole rings is 1. The molecule has 1 amide bonds. The van der Waals surface area contributed by atoms with Crippen LogP contribution in [0.25, 0.3) is 11.3 Å². The van der Waals surface area contributed by atoms with Crippen molar-refractivity contribution in [3.8, 4) is 22.8 Å². The number of fused-ring (bicyclic) bond motifs is 1. The molecule has 0 bridgehead atoms. The molecule has 30 heavy (non-hydrogen) atoms. The van der Waals surface area contributed by atoms with E-state index in [4.69, 9.17) is 9.47 Å². The highest BCUT2D eigenvalue weighted by Gasteiger charge is 2.36. The Hall–Kier alpha value is -2.17. The van der Waals surface area contributed by atoms with Gasteiger partial charge in [0.15, 0.2) is 16.6 Å². The highest BCUT2D eigenvalue weighted by Crippen LogP contribution is 2.35. The van der Waals surface area contributed by atoms with Crippen molar-refractivity contribution >= 4 is 32.4 Å². The number of carbonyl (C=O) groups excluding carboxylic acids is 1. The standard InChI is InChI=1S/C20H25N3O5S2/c1-2-11-30(25,26)23-8-4-3-5-16(23)19(24)22-20-21-15(13-29-20)14-6-7-17-18(12-14)28-10-9-27-17/h6-7,12-13,16H,2-5,8-11H2,1H3,(H,21,22,24). The first kappa shape index (κ1) is 21.1. The number of anilines is 1. The minimum atomic E-state index is -3.44. The van der Waals surface area contributed by atoms with Crippen molar-refractivity contribution in [2.24, 2.45) is 0 Å². The molecule has 162 valence electrons. The van der Waals surface area contributed by atoms with Crippen LogP contribution in [-0.4, -0.2) is 55.2 Å². The van der Waals surface area contributed by atoms with Gasteiger partial charge in [-0.1, -0.05) is 13.3 Å². The summed E-state index contributed by atoms with van der Waals surface area (Å²) in [6, 6.07) is 4.93. The molecule has 0 aliphatic carbocycles. The monoisotopic (exact) mass is 451 g/mol. The lowest BCUT2D eigenvalue weighted by Crippen LogP contribution is -2.50. The van der Waals surface area contributed by atoms with E-state index in [2.05, 4.69) is 10.3 Å². The average molecular weight is 452 g/mol. The largest absolute Gasteiger partial charge is 0.486 e. The summed E-state index contributed by atoms with van der Waals surface area (Å²) in [6.45, 7) is 3.26. The van der Waals surface area contributed by atoms with E-state index in [0.717, 1.165) is 18.4 Å². The van der Waals surface area contributed by atoms with Gasteiger partial charge >= 0.3 is 0 Å². The Labute approximate surface area is 180 Å². The van der Waals surface area contributed by atoms with Crippen LogP contribution in [0.4, 0.5) is 5.13 Å². The van der Waals surface area contributed by atoms with Gasteiger partial charge in [-0.2, -0.15) is 4.31 Å². The van der Waals surface area contributed by atoms with Crippen molar-refractivity contribution < 1.29 is 22.7 Å². The third-order valence-corrected chi connectivity index (χ3v) is 7.98. The van der Waals surface area contributed by atoms with Gasteiger partial charge in [-0.25, -0.2) is 13.4 Å². The van der Waals surface area contributed by atoms with Crippen molar-refractivity contribution in [1.29, 1.82) is 0 Å². The third-order valence-electron chi connectivity index (χ3n) is 5.15. The zero-order chi connectivity index (χ0) is 21.1. The van der Waals surface area contributed by atoms with Crippen molar-refractivity contribution in [3.05, 3.63) is 23.6 Å². The lowest BCUT2D eigenvalue weighted by Gasteiger charge is -2.33. The van der Waals surface area contributed by atoms with E-state index in [9.17, 15) is 13.2 Å². The van der Waals surface area contributed by atoms with Gasteiger partial charge in [-0.05, 0) is 37.5 Å². The van der Waals surface area contributed by atoms with Gasteiger partial charge in [-0.15, -0.1) is 11.3 Å². The molecule has 1 unspecified atom stereocenters. The third kappa shape index (κ3) is 4.45. The maximum atomic E-state index is 12.9. The van der Waals surface area contributed by atoms with E-state index in [1.165, 1.54) is 15.6 Å². The van der Waals surface area contributed by atoms with Crippen LogP contribution >= 0.6 is 11.3 Å². The molecule has 2 aliphatic heterocycles. The number of rotatable bonds is 6. The maximum absolute atomic E-state index is 12.9. The van der Waals surface area contributed by atoms with E-state index in [1.54, 1.807) is 0 Å². The van der Waals surface area contributed by atoms with Gasteiger partial charge in [0.1, 0.15) is 19.3 Å². The zero-order valence-electron chi connectivity index (χ0n) is 16.8. The van der Waals surface area contributed by atoms with Crippen LogP contribution in [0.2, 0.25) is 0 Å². The average Bonchev–Trinajstić information content (AvgIpc) is 3.22. The second-order valence-electron chi connectivity index (χ2n) is 7.32. The van der Waals surface area contributed by atoms with Gasteiger partial charge in [-0.3, -0.25) is 4.79 Å². The molecule has 1 saturated heterocycles. The van der Waals surface area contributed by atoms with Gasteiger partial charge in [0.2, 0.25) is 15.9 Å². The topological polar surface area (TPSA) is 97.8 Å². The summed E-state index contributed by atoms with van der Waals surface area (Å²) in [4.78, 5) is 17.4. The van der Waals surface area contributed by atoms with Gasteiger partial charge < -0.3 is 14.8 Å². The van der Waals surface area contributed by atoms with Crippen LogP contribution < -0.4 is 14.8 Å². The number of sulfonamides is 1. The van der Waals surface area contributed by atoms with Crippen LogP contribution in [0.15, 0.2) is 23.6 Å². The molecule has 2 aromatic rings. The Morgan fingerprint density at radius 1 is 1.27 bits per heavy atom. The maximum Gasteiger partial charge on any atom is 0.244 e. The predicted octanol–water partition coefficient (Wildman–Crippen LogP) is 3.11. The van der Waals surface area contributed by atoms with Gasteiger partial charge in [0.25, 0.3) is 0 Å². The quantitative estimate of drug-likeness (QED) is 0.725. The molecule has 0 spiro atoms. The fourth-order valence-corrected chi connectivity index (χ4v) is 6.20. The Balaban J connectivity index is 1.48. The summed E-state index contributed by atoms with van der Waals surface area (Å²) < 4.78 is 37.7. The summed E-state index contributed by atoms with van der Waals surface area (Å²) in [5.74, 6) is 1.12. The van der Waals surface area contributed by atoms with Crippen LogP contribution in [0, 0.1) is 0 Å². The first-order valence-corrected chi connectivity index (χ1v) is 12.6. The number of piperidine rings is 1. The van der Waals surface area contributed by atoms with E-state index >= 15 is 0 Å². The fraction of sp³-hybridized carbons (Fsp3) is 0.500. The molecule has 4 rings (SSSR count). The molecule has 1 N–H and O–H groups in total. The predicted molar refractivity (Wildman–Crippen MR) is 116 cm³/mol. The number of nitrogens with one attached hydrogen (secondary N) is 1. The molecule has 1 aromatic heterocycles. The molecular weight excluding hydrogens is 426 g/mol. The Morgan fingerprint density at radius 3 is 2.87 bits per heavy atom. The van der Waals surface area contributed by atoms with Crippen LogP contribution in [0.1, 0.15) is 32.6 Å². The minimum Gasteiger partial charge on any atom is -0.486 e. The molecule has 2 aliphatic rings. The Bertz CT molecular complexity index is 1020. The summed E-state index contributed by atoms with van der Waals surface area (Å²) in [6.07, 6.45) is 2.66. The van der Waals surface area contributed by atoms with Crippen LogP contribution in [0.3, 0.4) is 0 Å². The highest BCUT2D eigenvalue weighted by molar-refractivity contribution is 7.89. The molecule has 1 fully saturated rings. The normalized spacial score (nSPS) is 19.4. The second-order valence-corrected chi connectivity index (χ2v) is 10.2. The van der Waals surface area contributed by atoms with Crippen molar-refractivity contribution in [2.75, 3.05) is 30.8 Å². The number of amides is 1. The van der Waals surface area contributed by atoms with Crippen molar-refractivity contribution in [3.63, 3.8) is 0 Å². The minimum absolute atomic E-state index is 0.0578. The Kier molecular flexibility index (Phi) is 6.26. The lowest BCUT2D eigenvalue weighted by molar-refractivity contribution is -0.120. The zero-order valence-corrected chi connectivity index (χ0v) is 18.4. The SMILES string of the molecule is CCCS(=O)(=O)N1CCCCC1C(=O)Nc1nc(-c2ccc3c(c2)OCCO3)cs1. The number of hydrogen-bond acceptors (Lipinski definition) is 7. The highest BCUT2D eigenvalue weighted by atomic mass is 32.2. The summed E-state index contributed by atoms with van der Waals surface area (Å²) in [7, 11) is -3.44. The fourth-order valence-electron chi connectivity index (χ4n) is 3.73. The number of aromatic nitrogens is 1. The molecule has 0 radical (unpaired) electrons. The first-order chi connectivity index (χ1) is 14.5. The smallest absolute Gasteiger partial charge is 0.244 e. The summed E-state index contributed by atoms with van der Waals surface area (Å²) in [5.41, 5.74) is 1.58. The summed E-state index contributed by atoms with van der Waals surface area (Å²) >= 11 is 1.31. The lowest BCUT2D eigenvalue weighted by atomic mass is 10.0. The Morgan fingerprint density at radius 2 is 2.07 bits per heavy atom. The molecule has 0 saturated carbocycles. The number of carbonyl (C=O) groups is 1. The molecule has 10 heteroatoms. The molecule has 1 aromatic carbocycles.